The molecule has 2 aromatic carbocycles. The predicted molar refractivity (Wildman–Crippen MR) is 104 cm³/mol. The van der Waals surface area contributed by atoms with Gasteiger partial charge in [-0.2, -0.15) is 0 Å². The van der Waals surface area contributed by atoms with Crippen LogP contribution in [0.15, 0.2) is 73.3 Å². The zero-order valence-electron chi connectivity index (χ0n) is 15.4. The molecule has 0 saturated carbocycles. The van der Waals surface area contributed by atoms with E-state index in [4.69, 9.17) is 9.47 Å². The quantitative estimate of drug-likeness (QED) is 0.494. The molecule has 2 rings (SSSR count). The molecule has 134 valence electrons. The Hall–Kier alpha value is -1.90. The molecule has 2 aromatic rings. The molecule has 0 unspecified atom stereocenters. The van der Waals surface area contributed by atoms with Gasteiger partial charge in [-0.3, -0.25) is 0 Å². The predicted octanol–water partition coefficient (Wildman–Crippen LogP) is 5.64. The molecule has 2 nitrogen and oxygen atoms in total. The highest BCUT2D eigenvalue weighted by atomic mass is 16.5. The van der Waals surface area contributed by atoms with Gasteiger partial charge in [0.05, 0.1) is 25.9 Å². The van der Waals surface area contributed by atoms with Gasteiger partial charge in [-0.15, -0.1) is 6.58 Å². The van der Waals surface area contributed by atoms with E-state index in [0.29, 0.717) is 31.7 Å². The molecule has 0 fully saturated rings. The Balaban J connectivity index is 1.87. The number of hydrogen-bond acceptors (Lipinski definition) is 2. The Morgan fingerprint density at radius 1 is 0.840 bits per heavy atom. The molecule has 0 spiro atoms. The summed E-state index contributed by atoms with van der Waals surface area (Å²) in [7, 11) is 0. The molecule has 0 radical (unpaired) electrons. The van der Waals surface area contributed by atoms with Gasteiger partial charge in [0.1, 0.15) is 0 Å². The second-order valence-electron chi connectivity index (χ2n) is 6.74. The Morgan fingerprint density at radius 2 is 1.40 bits per heavy atom. The third-order valence-electron chi connectivity index (χ3n) is 4.44. The average molecular weight is 338 g/mol. The summed E-state index contributed by atoms with van der Waals surface area (Å²) in [6.45, 7) is 10.3. The van der Waals surface area contributed by atoms with Crippen LogP contribution in [0.25, 0.3) is 0 Å². The van der Waals surface area contributed by atoms with E-state index < -0.39 is 0 Å². The standard InChI is InChI=1S/C23H30O2/c1-4-11-19(2)23(25-18-22-14-9-6-10-15-22)20(3)16-24-17-21-12-7-5-8-13-21/h4-10,12-15,19-20,23H,1,11,16-18H2,2-3H3/t19-,20-,23-/m1/s1. The molecule has 0 aliphatic carbocycles. The molecule has 0 aromatic heterocycles. The molecule has 2 heteroatoms. The van der Waals surface area contributed by atoms with E-state index in [-0.39, 0.29) is 6.10 Å². The van der Waals surface area contributed by atoms with Crippen LogP contribution in [-0.2, 0) is 22.7 Å². The summed E-state index contributed by atoms with van der Waals surface area (Å²) >= 11 is 0. The summed E-state index contributed by atoms with van der Waals surface area (Å²) in [5.74, 6) is 0.735. The average Bonchev–Trinajstić information content (AvgIpc) is 2.64. The molecule has 3 atom stereocenters. The van der Waals surface area contributed by atoms with Gasteiger partial charge in [0.25, 0.3) is 0 Å². The molecule has 0 heterocycles. The van der Waals surface area contributed by atoms with Crippen molar-refractivity contribution < 1.29 is 9.47 Å². The van der Waals surface area contributed by atoms with E-state index >= 15 is 0 Å². The minimum atomic E-state index is 0.147. The second-order valence-corrected chi connectivity index (χ2v) is 6.74. The van der Waals surface area contributed by atoms with Crippen molar-refractivity contribution in [2.75, 3.05) is 6.61 Å². The van der Waals surface area contributed by atoms with Gasteiger partial charge in [-0.05, 0) is 23.5 Å². The lowest BCUT2D eigenvalue weighted by Gasteiger charge is -2.29. The smallest absolute Gasteiger partial charge is 0.0720 e. The van der Waals surface area contributed by atoms with Crippen molar-refractivity contribution in [2.24, 2.45) is 11.8 Å². The Kier molecular flexibility index (Phi) is 8.44. The summed E-state index contributed by atoms with van der Waals surface area (Å²) in [5, 5.41) is 0. The first-order valence-corrected chi connectivity index (χ1v) is 9.08. The minimum absolute atomic E-state index is 0.147. The third kappa shape index (κ3) is 6.85. The number of ether oxygens (including phenoxy) is 2. The number of allylic oxidation sites excluding steroid dienone is 1. The van der Waals surface area contributed by atoms with Crippen LogP contribution in [0, 0.1) is 11.8 Å². The molecular formula is C23H30O2. The summed E-state index contributed by atoms with van der Waals surface area (Å²) in [5.41, 5.74) is 2.41. The van der Waals surface area contributed by atoms with Crippen LogP contribution in [0.1, 0.15) is 31.4 Å². The third-order valence-corrected chi connectivity index (χ3v) is 4.44. The molecule has 0 aliphatic heterocycles. The maximum atomic E-state index is 6.28. The van der Waals surface area contributed by atoms with Crippen molar-refractivity contribution in [3.8, 4) is 0 Å². The van der Waals surface area contributed by atoms with Gasteiger partial charge in [-0.1, -0.05) is 80.6 Å². The number of hydrogen-bond donors (Lipinski definition) is 0. The molecule has 0 aliphatic rings. The van der Waals surface area contributed by atoms with Gasteiger partial charge in [0, 0.05) is 5.92 Å². The van der Waals surface area contributed by atoms with Crippen molar-refractivity contribution in [1.29, 1.82) is 0 Å². The summed E-state index contributed by atoms with van der Waals surface area (Å²) in [6.07, 6.45) is 3.07. The van der Waals surface area contributed by atoms with E-state index in [1.165, 1.54) is 11.1 Å². The van der Waals surface area contributed by atoms with Crippen LogP contribution in [-0.4, -0.2) is 12.7 Å². The number of rotatable bonds is 11. The fraction of sp³-hybridized carbons (Fsp3) is 0.391. The van der Waals surface area contributed by atoms with Crippen molar-refractivity contribution in [1.82, 2.24) is 0 Å². The second kappa shape index (κ2) is 10.9. The van der Waals surface area contributed by atoms with Crippen molar-refractivity contribution in [2.45, 2.75) is 39.6 Å². The maximum absolute atomic E-state index is 6.28. The lowest BCUT2D eigenvalue weighted by Crippen LogP contribution is -2.31. The first-order chi connectivity index (χ1) is 12.2. The summed E-state index contributed by atoms with van der Waals surface area (Å²) < 4.78 is 12.2. The number of benzene rings is 2. The molecular weight excluding hydrogens is 308 g/mol. The van der Waals surface area contributed by atoms with E-state index in [1.807, 2.05) is 42.5 Å². The highest BCUT2D eigenvalue weighted by molar-refractivity contribution is 5.14. The van der Waals surface area contributed by atoms with Crippen LogP contribution in [0.5, 0.6) is 0 Å². The van der Waals surface area contributed by atoms with Crippen LogP contribution < -0.4 is 0 Å². The largest absolute Gasteiger partial charge is 0.376 e. The summed E-state index contributed by atoms with van der Waals surface area (Å²) in [4.78, 5) is 0. The zero-order chi connectivity index (χ0) is 17.9. The first-order valence-electron chi connectivity index (χ1n) is 9.08. The Bertz CT molecular complexity index is 594. The van der Waals surface area contributed by atoms with Crippen LogP contribution in [0.3, 0.4) is 0 Å². The lowest BCUT2D eigenvalue weighted by molar-refractivity contribution is -0.0541. The minimum Gasteiger partial charge on any atom is -0.376 e. The molecule has 0 amide bonds. The summed E-state index contributed by atoms with van der Waals surface area (Å²) in [6, 6.07) is 20.6. The fourth-order valence-corrected chi connectivity index (χ4v) is 3.08. The monoisotopic (exact) mass is 338 g/mol. The van der Waals surface area contributed by atoms with Gasteiger partial charge < -0.3 is 9.47 Å². The van der Waals surface area contributed by atoms with E-state index in [9.17, 15) is 0 Å². The zero-order valence-corrected chi connectivity index (χ0v) is 15.4. The maximum Gasteiger partial charge on any atom is 0.0720 e. The first kappa shape index (κ1) is 19.4. The normalized spacial score (nSPS) is 14.6. The molecule has 0 saturated heterocycles. The highest BCUT2D eigenvalue weighted by Gasteiger charge is 2.24. The van der Waals surface area contributed by atoms with E-state index in [2.05, 4.69) is 44.7 Å². The topological polar surface area (TPSA) is 18.5 Å². The van der Waals surface area contributed by atoms with E-state index in [0.717, 1.165) is 6.42 Å². The Morgan fingerprint density at radius 3 is 1.96 bits per heavy atom. The molecule has 0 bridgehead atoms. The molecule has 25 heavy (non-hydrogen) atoms. The van der Waals surface area contributed by atoms with E-state index in [1.54, 1.807) is 0 Å². The van der Waals surface area contributed by atoms with Crippen LogP contribution >= 0.6 is 0 Å². The van der Waals surface area contributed by atoms with Crippen LogP contribution in [0.2, 0.25) is 0 Å². The molecule has 0 N–H and O–H groups in total. The van der Waals surface area contributed by atoms with Gasteiger partial charge in [0.15, 0.2) is 0 Å². The fourth-order valence-electron chi connectivity index (χ4n) is 3.08. The van der Waals surface area contributed by atoms with Gasteiger partial charge >= 0.3 is 0 Å². The van der Waals surface area contributed by atoms with Crippen molar-refractivity contribution >= 4 is 0 Å². The van der Waals surface area contributed by atoms with Gasteiger partial charge in [-0.25, -0.2) is 0 Å². The lowest BCUT2D eigenvalue weighted by atomic mass is 9.91. The van der Waals surface area contributed by atoms with Crippen molar-refractivity contribution in [3.63, 3.8) is 0 Å². The van der Waals surface area contributed by atoms with Crippen molar-refractivity contribution in [3.05, 3.63) is 84.4 Å². The SMILES string of the molecule is C=CC[C@@H](C)[C@@H](OCc1ccccc1)[C@H](C)COCc1ccccc1. The van der Waals surface area contributed by atoms with Gasteiger partial charge in [0.2, 0.25) is 0 Å². The Labute approximate surface area is 152 Å². The van der Waals surface area contributed by atoms with Crippen LogP contribution in [0.4, 0.5) is 0 Å². The highest BCUT2D eigenvalue weighted by Crippen LogP contribution is 2.22.